The molecule has 0 heterocycles. The fourth-order valence-electron chi connectivity index (χ4n) is 0. The summed E-state index contributed by atoms with van der Waals surface area (Å²) < 4.78 is 0. The number of hydrogen-bond acceptors (Lipinski definition) is 0. The van der Waals surface area contributed by atoms with Gasteiger partial charge >= 0.3 is 59.7 Å². The first kappa shape index (κ1) is 173. The summed E-state index contributed by atoms with van der Waals surface area (Å²) in [4.78, 5) is 0. The molecule has 0 saturated heterocycles. The van der Waals surface area contributed by atoms with Crippen molar-refractivity contribution in [3.8, 4) is 0 Å². The van der Waals surface area contributed by atoms with Crippen LogP contribution in [0.3, 0.4) is 0 Å². The molecule has 4 nitrogen and oxygen atoms in total. The van der Waals surface area contributed by atoms with Crippen molar-refractivity contribution in [3.63, 3.8) is 0 Å². The van der Waals surface area contributed by atoms with E-state index >= 15 is 0 Å². The largest absolute Gasteiger partial charge is 4.00 e. The van der Waals surface area contributed by atoms with Gasteiger partial charge in [-0.3, -0.25) is 0 Å². The van der Waals surface area contributed by atoms with Gasteiger partial charge in [0.15, 0.2) is 0 Å². The van der Waals surface area contributed by atoms with Gasteiger partial charge < -0.3 is 21.9 Å². The van der Waals surface area contributed by atoms with Gasteiger partial charge in [-0.25, -0.2) is 0 Å². The monoisotopic (exact) mass is 359 g/mol. The third kappa shape index (κ3) is 84.5. The summed E-state index contributed by atoms with van der Waals surface area (Å²) >= 11 is 0. The fourth-order valence-corrected chi connectivity index (χ4v) is 0. The maximum absolute atomic E-state index is 0. The minimum atomic E-state index is 0. The van der Waals surface area contributed by atoms with Gasteiger partial charge in [-0.1, -0.05) is 0 Å². The van der Waals surface area contributed by atoms with Crippen molar-refractivity contribution in [2.75, 3.05) is 0 Å². The van der Waals surface area contributed by atoms with Gasteiger partial charge in [-0.15, -0.1) is 0 Å². The molecule has 0 amide bonds. The van der Waals surface area contributed by atoms with Gasteiger partial charge in [0.05, 0.1) is 0 Å². The van der Waals surface area contributed by atoms with Crippen molar-refractivity contribution in [3.05, 3.63) is 0 Å². The van der Waals surface area contributed by atoms with E-state index in [0.29, 0.717) is 0 Å². The molecule has 0 aliphatic rings. The molecular weight excluding hydrogens is 357 g/mol. The van der Waals surface area contributed by atoms with Crippen molar-refractivity contribution < 1.29 is 81.6 Å². The Balaban J connectivity index is 0. The Hall–Kier alpha value is 1.74. The van der Waals surface area contributed by atoms with Gasteiger partial charge in [0, 0.05) is 0 Å². The number of hydrogen-bond donors (Lipinski definition) is 0. The van der Waals surface area contributed by atoms with E-state index in [9.17, 15) is 0 Å². The maximum atomic E-state index is 0. The summed E-state index contributed by atoms with van der Waals surface area (Å²) in [6.45, 7) is 0. The van der Waals surface area contributed by atoms with Gasteiger partial charge in [0.2, 0.25) is 0 Å². The predicted molar refractivity (Wildman–Crippen MR) is 2.75 cm³/mol. The molecule has 1 radical (unpaired) electrons. The maximum Gasteiger partial charge on any atom is 4.00 e. The van der Waals surface area contributed by atoms with Crippen LogP contribution in [-0.4, -0.2) is 0 Å². The molecule has 45 valence electrons. The third-order valence-corrected chi connectivity index (χ3v) is 0. The Labute approximate surface area is 81.1 Å². The van der Waals surface area contributed by atoms with Crippen molar-refractivity contribution >= 4 is 0 Å². The van der Waals surface area contributed by atoms with Crippen molar-refractivity contribution in [1.29, 1.82) is 0 Å². The molecule has 0 rings (SSSR count). The molecule has 0 aliphatic heterocycles. The van der Waals surface area contributed by atoms with E-state index in [1.165, 1.54) is 0 Å². The van der Waals surface area contributed by atoms with Gasteiger partial charge in [-0.05, 0) is 0 Å². The average Bonchev–Trinajstić information content (AvgIpc) is 0. The Morgan fingerprint density at radius 1 is 0.571 bits per heavy atom. The molecule has 0 fully saturated rings. The van der Waals surface area contributed by atoms with E-state index in [0.717, 1.165) is 0 Å². The van der Waals surface area contributed by atoms with Crippen molar-refractivity contribution in [1.82, 2.24) is 0 Å². The number of rotatable bonds is 0. The molecule has 0 atom stereocenters. The second kappa shape index (κ2) is 116. The summed E-state index contributed by atoms with van der Waals surface area (Å²) in [5.41, 5.74) is 0. The van der Waals surface area contributed by atoms with Crippen molar-refractivity contribution in [2.24, 2.45) is 0 Å². The van der Waals surface area contributed by atoms with Crippen LogP contribution in [0, 0.1) is 0 Å². The van der Waals surface area contributed by atoms with Crippen LogP contribution in [0.4, 0.5) is 0 Å². The molecule has 0 N–H and O–H groups in total. The molecule has 0 aromatic carbocycles. The first-order valence-electron chi connectivity index (χ1n) is 0. The van der Waals surface area contributed by atoms with Gasteiger partial charge in [-0.2, -0.15) is 0 Å². The molecule has 0 saturated carbocycles. The Morgan fingerprint density at radius 2 is 0.571 bits per heavy atom. The van der Waals surface area contributed by atoms with Crippen LogP contribution in [0.1, 0.15) is 0 Å². The third-order valence-electron chi connectivity index (χ3n) is 0. The molecular formula is CoFeHfO4. The summed E-state index contributed by atoms with van der Waals surface area (Å²) in [7, 11) is 0. The molecule has 7 heavy (non-hydrogen) atoms. The normalized spacial score (nSPS) is 0. The first-order valence-corrected chi connectivity index (χ1v) is 0. The SMILES string of the molecule is [Co+2].[Fe+2].[Hf+4].[O-2].[O-2].[O-2].[O-2]. The summed E-state index contributed by atoms with van der Waals surface area (Å²) in [6, 6.07) is 0. The van der Waals surface area contributed by atoms with E-state index in [4.69, 9.17) is 0 Å². The van der Waals surface area contributed by atoms with Crippen LogP contribution in [0.25, 0.3) is 0 Å². The molecule has 0 unspecified atom stereocenters. The van der Waals surface area contributed by atoms with Gasteiger partial charge in [0.1, 0.15) is 0 Å². The van der Waals surface area contributed by atoms with Crippen LogP contribution in [0.15, 0.2) is 0 Å². The van der Waals surface area contributed by atoms with Crippen LogP contribution in [-0.2, 0) is 81.6 Å². The molecule has 0 aliphatic carbocycles. The second-order valence-corrected chi connectivity index (χ2v) is 0. The van der Waals surface area contributed by atoms with Crippen LogP contribution in [0.2, 0.25) is 0 Å². The minimum Gasteiger partial charge on any atom is -2.00 e. The summed E-state index contributed by atoms with van der Waals surface area (Å²) in [5, 5.41) is 0. The Morgan fingerprint density at radius 3 is 0.571 bits per heavy atom. The standard InChI is InChI=1S/Co.Fe.Hf.4O/q2*+2;+4;4*-2. The fraction of sp³-hybridized carbons (Fsp3) is 0. The van der Waals surface area contributed by atoms with Crippen LogP contribution in [0.5, 0.6) is 0 Å². The Kier molecular flexibility index (Phi) is 2890. The molecule has 0 spiro atoms. The van der Waals surface area contributed by atoms with E-state index < -0.39 is 0 Å². The molecule has 0 bridgehead atoms. The van der Waals surface area contributed by atoms with Gasteiger partial charge in [0.25, 0.3) is 0 Å². The van der Waals surface area contributed by atoms with Crippen LogP contribution >= 0.6 is 0 Å². The van der Waals surface area contributed by atoms with Crippen molar-refractivity contribution in [2.45, 2.75) is 0 Å². The average molecular weight is 357 g/mol. The topological polar surface area (TPSA) is 114 Å². The molecule has 7 heteroatoms. The zero-order chi connectivity index (χ0) is 0. The molecule has 0 aromatic heterocycles. The van der Waals surface area contributed by atoms with Crippen LogP contribution < -0.4 is 0 Å². The zero-order valence-electron chi connectivity index (χ0n) is 2.82. The Bertz CT molecular complexity index is 11.7. The zero-order valence-corrected chi connectivity index (χ0v) is 8.56. The predicted octanol–water partition coefficient (Wildman–Crippen LogP) is -0.483. The first-order chi connectivity index (χ1) is 0. The van der Waals surface area contributed by atoms with E-state index in [-0.39, 0.29) is 81.6 Å². The minimum absolute atomic E-state index is 0. The molecule has 0 aromatic rings. The quantitative estimate of drug-likeness (QED) is 0.521. The smallest absolute Gasteiger partial charge is 2.00 e. The summed E-state index contributed by atoms with van der Waals surface area (Å²) in [6.07, 6.45) is 0. The van der Waals surface area contributed by atoms with E-state index in [1.807, 2.05) is 0 Å². The second-order valence-electron chi connectivity index (χ2n) is 0. The van der Waals surface area contributed by atoms with E-state index in [1.54, 1.807) is 0 Å². The summed E-state index contributed by atoms with van der Waals surface area (Å²) in [5.74, 6) is 0. The van der Waals surface area contributed by atoms with E-state index in [2.05, 4.69) is 0 Å².